The molecule has 0 radical (unpaired) electrons. The number of carbonyl (C=O) groups is 1. The van der Waals surface area contributed by atoms with E-state index in [0.29, 0.717) is 63.8 Å². The number of ether oxygens (including phenoxy) is 4. The van der Waals surface area contributed by atoms with Crippen LogP contribution in [0.4, 0.5) is 0 Å². The van der Waals surface area contributed by atoms with Crippen LogP contribution in [0.15, 0.2) is 22.6 Å². The SMILES string of the molecule is CCOC(=O)c1c(-c2cc(OC)c(OC)c(OC)c2)oc2cc(CN(C)C)c(O)c(CN(C)C)c12.Cl.Cl. The van der Waals surface area contributed by atoms with Crippen LogP contribution in [-0.2, 0) is 17.8 Å². The van der Waals surface area contributed by atoms with Gasteiger partial charge in [-0.15, -0.1) is 24.8 Å². The summed E-state index contributed by atoms with van der Waals surface area (Å²) in [5.41, 5.74) is 2.54. The highest BCUT2D eigenvalue weighted by atomic mass is 35.5. The maximum absolute atomic E-state index is 13.3. The third-order valence-electron chi connectivity index (χ3n) is 5.50. The second-order valence-corrected chi connectivity index (χ2v) is 8.65. The summed E-state index contributed by atoms with van der Waals surface area (Å²) in [5.74, 6) is 1.13. The van der Waals surface area contributed by atoms with Crippen LogP contribution in [0.1, 0.15) is 28.4 Å². The van der Waals surface area contributed by atoms with Gasteiger partial charge < -0.3 is 38.3 Å². The van der Waals surface area contributed by atoms with E-state index in [9.17, 15) is 9.90 Å². The second kappa shape index (κ2) is 13.6. The van der Waals surface area contributed by atoms with Crippen LogP contribution in [0.25, 0.3) is 22.3 Å². The van der Waals surface area contributed by atoms with Gasteiger partial charge >= 0.3 is 5.97 Å². The molecule has 0 fully saturated rings. The lowest BCUT2D eigenvalue weighted by atomic mass is 9.97. The molecule has 0 bridgehead atoms. The second-order valence-electron chi connectivity index (χ2n) is 8.65. The first-order chi connectivity index (χ1) is 16.7. The quantitative estimate of drug-likeness (QED) is 0.346. The summed E-state index contributed by atoms with van der Waals surface area (Å²) in [6.07, 6.45) is 0. The number of methoxy groups -OCH3 is 3. The molecule has 0 aliphatic carbocycles. The zero-order chi connectivity index (χ0) is 25.9. The van der Waals surface area contributed by atoms with Gasteiger partial charge in [0, 0.05) is 35.2 Å². The fraction of sp³-hybridized carbons (Fsp3) is 0.423. The number of fused-ring (bicyclic) bond motifs is 1. The molecule has 11 heteroatoms. The summed E-state index contributed by atoms with van der Waals surface area (Å²) >= 11 is 0. The average Bonchev–Trinajstić information content (AvgIpc) is 3.19. The predicted molar refractivity (Wildman–Crippen MR) is 148 cm³/mol. The van der Waals surface area contributed by atoms with Gasteiger partial charge in [-0.1, -0.05) is 0 Å². The minimum absolute atomic E-state index is 0. The zero-order valence-electron chi connectivity index (χ0n) is 22.5. The van der Waals surface area contributed by atoms with E-state index in [1.807, 2.05) is 38.0 Å². The van der Waals surface area contributed by atoms with Crippen molar-refractivity contribution in [3.8, 4) is 34.3 Å². The maximum atomic E-state index is 13.3. The van der Waals surface area contributed by atoms with Gasteiger partial charge in [-0.05, 0) is 53.3 Å². The van der Waals surface area contributed by atoms with Gasteiger partial charge in [0.25, 0.3) is 0 Å². The van der Waals surface area contributed by atoms with Crippen LogP contribution in [0.3, 0.4) is 0 Å². The van der Waals surface area contributed by atoms with E-state index in [1.165, 1.54) is 21.3 Å². The van der Waals surface area contributed by atoms with Crippen molar-refractivity contribution in [2.75, 3.05) is 56.1 Å². The smallest absolute Gasteiger partial charge is 0.342 e. The van der Waals surface area contributed by atoms with Crippen molar-refractivity contribution in [1.29, 1.82) is 0 Å². The van der Waals surface area contributed by atoms with Crippen LogP contribution in [0.5, 0.6) is 23.0 Å². The molecule has 9 nitrogen and oxygen atoms in total. The Balaban J connectivity index is 0.00000342. The van der Waals surface area contributed by atoms with Gasteiger partial charge in [-0.25, -0.2) is 4.79 Å². The molecule has 3 rings (SSSR count). The summed E-state index contributed by atoms with van der Waals surface area (Å²) in [6.45, 7) is 2.82. The summed E-state index contributed by atoms with van der Waals surface area (Å²) in [7, 11) is 12.2. The van der Waals surface area contributed by atoms with Gasteiger partial charge in [0.05, 0.1) is 27.9 Å². The molecular weight excluding hydrogens is 523 g/mol. The maximum Gasteiger partial charge on any atom is 0.342 e. The highest BCUT2D eigenvalue weighted by Gasteiger charge is 2.29. The molecule has 1 heterocycles. The number of esters is 1. The van der Waals surface area contributed by atoms with E-state index in [4.69, 9.17) is 23.4 Å². The van der Waals surface area contributed by atoms with Crippen LogP contribution in [0.2, 0.25) is 0 Å². The van der Waals surface area contributed by atoms with E-state index < -0.39 is 5.97 Å². The molecule has 206 valence electrons. The Morgan fingerprint density at radius 3 is 1.95 bits per heavy atom. The number of rotatable bonds is 10. The number of nitrogens with zero attached hydrogens (tertiary/aromatic N) is 2. The Bertz CT molecular complexity index is 1200. The summed E-state index contributed by atoms with van der Waals surface area (Å²) < 4.78 is 28.2. The standard InChI is InChI=1S/C26H34N2O7.2ClH/c1-9-34-26(30)22-21-17(14-28(4)5)23(29)16(13-27(2)3)12-18(21)35-24(22)15-10-19(31-6)25(33-8)20(11-15)32-7;;/h10-12,29H,9,13-14H2,1-8H3;2*1H. The monoisotopic (exact) mass is 558 g/mol. The van der Waals surface area contributed by atoms with E-state index >= 15 is 0 Å². The van der Waals surface area contributed by atoms with Crippen molar-refractivity contribution in [3.05, 3.63) is 34.9 Å². The Labute approximate surface area is 230 Å². The fourth-order valence-corrected chi connectivity index (χ4v) is 4.13. The topological polar surface area (TPSA) is 93.8 Å². The molecule has 37 heavy (non-hydrogen) atoms. The minimum atomic E-state index is -0.547. The Kier molecular flexibility index (Phi) is 11.8. The number of hydrogen-bond acceptors (Lipinski definition) is 9. The van der Waals surface area contributed by atoms with Gasteiger partial charge in [-0.2, -0.15) is 0 Å². The lowest BCUT2D eigenvalue weighted by Gasteiger charge is -2.17. The lowest BCUT2D eigenvalue weighted by Crippen LogP contribution is -2.15. The highest BCUT2D eigenvalue weighted by molar-refractivity contribution is 6.11. The van der Waals surface area contributed by atoms with E-state index in [-0.39, 0.29) is 42.7 Å². The van der Waals surface area contributed by atoms with Crippen molar-refractivity contribution in [3.63, 3.8) is 0 Å². The molecule has 0 saturated heterocycles. The predicted octanol–water partition coefficient (Wildman–Crippen LogP) is 4.97. The fourth-order valence-electron chi connectivity index (χ4n) is 4.13. The summed E-state index contributed by atoms with van der Waals surface area (Å²) in [6, 6.07) is 5.20. The third kappa shape index (κ3) is 6.54. The van der Waals surface area contributed by atoms with Gasteiger partial charge in [-0.3, -0.25) is 0 Å². The molecule has 0 aliphatic heterocycles. The first-order valence-electron chi connectivity index (χ1n) is 11.2. The number of aromatic hydroxyl groups is 1. The molecule has 1 aromatic heterocycles. The van der Waals surface area contributed by atoms with Gasteiger partial charge in [0.1, 0.15) is 22.7 Å². The molecule has 0 spiro atoms. The molecule has 2 aromatic carbocycles. The molecule has 3 aromatic rings. The van der Waals surface area contributed by atoms with E-state index in [2.05, 4.69) is 0 Å². The normalized spacial score (nSPS) is 10.8. The molecule has 0 aliphatic rings. The first kappa shape index (κ1) is 32.2. The van der Waals surface area contributed by atoms with E-state index in [1.54, 1.807) is 25.1 Å². The molecule has 0 unspecified atom stereocenters. The number of hydrogen-bond donors (Lipinski definition) is 1. The van der Waals surface area contributed by atoms with Crippen LogP contribution in [0, 0.1) is 0 Å². The number of carbonyl (C=O) groups excluding carboxylic acids is 1. The largest absolute Gasteiger partial charge is 0.507 e. The van der Waals surface area contributed by atoms with Crippen molar-refractivity contribution < 1.29 is 33.3 Å². The van der Waals surface area contributed by atoms with Crippen molar-refractivity contribution in [2.24, 2.45) is 0 Å². The Hall–Kier alpha value is -2.85. The minimum Gasteiger partial charge on any atom is -0.507 e. The molecule has 0 atom stereocenters. The Morgan fingerprint density at radius 1 is 0.919 bits per heavy atom. The average molecular weight is 559 g/mol. The van der Waals surface area contributed by atoms with Crippen molar-refractivity contribution in [1.82, 2.24) is 9.80 Å². The first-order valence-corrected chi connectivity index (χ1v) is 11.2. The lowest BCUT2D eigenvalue weighted by molar-refractivity contribution is 0.0528. The van der Waals surface area contributed by atoms with Gasteiger partial charge in [0.2, 0.25) is 5.75 Å². The van der Waals surface area contributed by atoms with Crippen molar-refractivity contribution in [2.45, 2.75) is 20.0 Å². The molecule has 1 N–H and O–H groups in total. The van der Waals surface area contributed by atoms with Crippen LogP contribution in [-0.4, -0.2) is 77.0 Å². The number of halogens is 2. The van der Waals surface area contributed by atoms with Gasteiger partial charge in [0.15, 0.2) is 11.5 Å². The molecule has 0 saturated carbocycles. The summed E-state index contributed by atoms with van der Waals surface area (Å²) in [4.78, 5) is 17.2. The highest BCUT2D eigenvalue weighted by Crippen LogP contribution is 2.46. The third-order valence-corrected chi connectivity index (χ3v) is 5.50. The zero-order valence-corrected chi connectivity index (χ0v) is 24.1. The van der Waals surface area contributed by atoms with E-state index in [0.717, 1.165) is 0 Å². The molecular formula is C26H36Cl2N2O7. The summed E-state index contributed by atoms with van der Waals surface area (Å²) in [5, 5.41) is 11.7. The van der Waals surface area contributed by atoms with Crippen molar-refractivity contribution >= 4 is 41.8 Å². The number of furan rings is 1. The number of phenols is 1. The van der Waals surface area contributed by atoms with Crippen LogP contribution < -0.4 is 14.2 Å². The molecule has 0 amide bonds. The number of phenolic OH excluding ortho intramolecular Hbond substituents is 1. The number of benzene rings is 2. The van der Waals surface area contributed by atoms with Crippen LogP contribution >= 0.6 is 24.8 Å². The Morgan fingerprint density at radius 2 is 1.49 bits per heavy atom.